The Hall–Kier alpha value is -2.35. The summed E-state index contributed by atoms with van der Waals surface area (Å²) in [6, 6.07) is 3.61. The monoisotopic (exact) mass is 251 g/mol. The molecule has 1 saturated heterocycles. The van der Waals surface area contributed by atoms with Gasteiger partial charge in [-0.1, -0.05) is 6.07 Å². The second-order valence-electron chi connectivity index (χ2n) is 3.86. The van der Waals surface area contributed by atoms with Gasteiger partial charge >= 0.3 is 11.5 Å². The molecule has 0 aliphatic carbocycles. The normalized spacial score (nSPS) is 17.9. The van der Waals surface area contributed by atoms with Gasteiger partial charge in [-0.2, -0.15) is 4.73 Å². The number of fused-ring (bicyclic) bond motifs is 1. The van der Waals surface area contributed by atoms with Crippen LogP contribution in [0.5, 0.6) is 11.8 Å². The molecule has 1 aliphatic heterocycles. The molecule has 1 N–H and O–H groups in total. The maximum Gasteiger partial charge on any atom is 0.569 e. The lowest BCUT2D eigenvalue weighted by Crippen LogP contribution is -2.41. The van der Waals surface area contributed by atoms with E-state index in [1.807, 2.05) is 0 Å². The van der Waals surface area contributed by atoms with Crippen LogP contribution < -0.4 is 14.3 Å². The molecule has 1 unspecified atom stereocenters. The van der Waals surface area contributed by atoms with Gasteiger partial charge in [0.05, 0.1) is 11.5 Å². The first-order valence-electron chi connectivity index (χ1n) is 5.26. The van der Waals surface area contributed by atoms with E-state index in [0.717, 1.165) is 0 Å². The summed E-state index contributed by atoms with van der Waals surface area (Å²) in [6.07, 6.45) is 0.0233. The van der Waals surface area contributed by atoms with E-state index < -0.39 is 6.01 Å². The maximum absolute atomic E-state index is 11.7. The molecule has 94 valence electrons. The van der Waals surface area contributed by atoms with Gasteiger partial charge in [0.1, 0.15) is 12.7 Å². The van der Waals surface area contributed by atoms with Crippen molar-refractivity contribution in [2.75, 3.05) is 13.2 Å². The summed E-state index contributed by atoms with van der Waals surface area (Å²) in [6.45, 7) is 0.914. The van der Waals surface area contributed by atoms with Gasteiger partial charge in [0, 0.05) is 6.07 Å². The highest BCUT2D eigenvalue weighted by Gasteiger charge is 2.27. The van der Waals surface area contributed by atoms with Crippen LogP contribution in [0.15, 0.2) is 18.2 Å². The summed E-state index contributed by atoms with van der Waals surface area (Å²) in [5.41, 5.74) is -0.0299. The summed E-state index contributed by atoms with van der Waals surface area (Å²) in [7, 11) is 0. The molecule has 8 nitrogen and oxygen atoms in total. The number of benzene rings is 1. The first-order chi connectivity index (χ1) is 8.66. The second-order valence-corrected chi connectivity index (χ2v) is 3.86. The molecule has 3 rings (SSSR count). The Labute approximate surface area is 101 Å². The molecule has 8 heteroatoms. The van der Waals surface area contributed by atoms with Crippen molar-refractivity contribution in [1.82, 2.24) is 5.10 Å². The first kappa shape index (κ1) is 10.8. The van der Waals surface area contributed by atoms with Crippen LogP contribution in [-0.4, -0.2) is 29.5 Å². The Morgan fingerprint density at radius 1 is 1.50 bits per heavy atom. The van der Waals surface area contributed by atoms with Crippen LogP contribution in [-0.2, 0) is 4.74 Å². The Morgan fingerprint density at radius 3 is 3.00 bits per heavy atom. The Kier molecular flexibility index (Phi) is 2.30. The Bertz CT molecular complexity index is 614. The van der Waals surface area contributed by atoms with Crippen LogP contribution >= 0.6 is 0 Å². The molecule has 0 saturated carbocycles. The van der Waals surface area contributed by atoms with Crippen LogP contribution in [0.1, 0.15) is 0 Å². The highest BCUT2D eigenvalue weighted by atomic mass is 16.6. The lowest BCUT2D eigenvalue weighted by Gasteiger charge is -2.09. The quantitative estimate of drug-likeness (QED) is 0.425. The fourth-order valence-electron chi connectivity index (χ4n) is 1.61. The molecule has 1 fully saturated rings. The summed E-state index contributed by atoms with van der Waals surface area (Å²) in [4.78, 5) is 0.180. The number of hydrogen-bond donors (Lipinski definition) is 1. The molecule has 1 aromatic carbocycles. The lowest BCUT2D eigenvalue weighted by atomic mass is 10.3. The largest absolute Gasteiger partial charge is 0.707 e. The van der Waals surface area contributed by atoms with Crippen LogP contribution in [0, 0.1) is 10.4 Å². The minimum absolute atomic E-state index is 0.0233. The van der Waals surface area contributed by atoms with E-state index in [-0.39, 0.29) is 32.5 Å². The standard InChI is InChI=1S/C10H9N3O5/c14-10-11-13(16)7-2-1-3-8(9(7)12(10)15)18-5-6-4-17-6/h1-3,6H,4-5H2,(H,11,14). The smallest absolute Gasteiger partial charge is 0.569 e. The molecule has 1 atom stereocenters. The van der Waals surface area contributed by atoms with Gasteiger partial charge in [0.25, 0.3) is 10.6 Å². The Balaban J connectivity index is 2.11. The highest BCUT2D eigenvalue weighted by molar-refractivity contribution is 5.75. The van der Waals surface area contributed by atoms with Crippen molar-refractivity contribution >= 4 is 11.0 Å². The average Bonchev–Trinajstić information content (AvgIpc) is 3.17. The number of epoxide rings is 1. The lowest BCUT2D eigenvalue weighted by molar-refractivity contribution is -0.684. The molecule has 1 aromatic heterocycles. The summed E-state index contributed by atoms with van der Waals surface area (Å²) < 4.78 is 10.5. The third kappa shape index (κ3) is 1.72. The van der Waals surface area contributed by atoms with Gasteiger partial charge in [-0.3, -0.25) is 0 Å². The van der Waals surface area contributed by atoms with Crippen molar-refractivity contribution in [3.63, 3.8) is 0 Å². The van der Waals surface area contributed by atoms with E-state index in [4.69, 9.17) is 9.47 Å². The van der Waals surface area contributed by atoms with Crippen LogP contribution in [0.2, 0.25) is 0 Å². The molecular weight excluding hydrogens is 242 g/mol. The zero-order chi connectivity index (χ0) is 12.7. The van der Waals surface area contributed by atoms with Gasteiger partial charge in [-0.05, 0) is 6.07 Å². The summed E-state index contributed by atoms with van der Waals surface area (Å²) >= 11 is 0. The minimum atomic E-state index is -0.920. The average molecular weight is 251 g/mol. The molecule has 1 aliphatic rings. The molecule has 2 heterocycles. The van der Waals surface area contributed by atoms with Crippen LogP contribution in [0.4, 0.5) is 0 Å². The predicted octanol–water partition coefficient (Wildman–Crippen LogP) is -1.02. The maximum atomic E-state index is 11.7. The van der Waals surface area contributed by atoms with E-state index in [1.165, 1.54) is 6.07 Å². The van der Waals surface area contributed by atoms with Crippen molar-refractivity contribution in [3.05, 3.63) is 28.6 Å². The Morgan fingerprint density at radius 2 is 2.28 bits per heavy atom. The molecule has 0 bridgehead atoms. The molecule has 2 aromatic rings. The number of nitrogens with zero attached hydrogens (tertiary/aromatic N) is 3. The molecule has 0 radical (unpaired) electrons. The van der Waals surface area contributed by atoms with Gasteiger partial charge in [-0.15, -0.1) is 0 Å². The summed E-state index contributed by atoms with van der Waals surface area (Å²) in [5.74, 6) is 0.209. The van der Waals surface area contributed by atoms with Gasteiger partial charge in [0.2, 0.25) is 0 Å². The van der Waals surface area contributed by atoms with E-state index >= 15 is 0 Å². The van der Waals surface area contributed by atoms with Gasteiger partial charge in [-0.25, -0.2) is 0 Å². The van der Waals surface area contributed by atoms with Gasteiger partial charge in [0.15, 0.2) is 5.75 Å². The fraction of sp³-hybridized carbons (Fsp3) is 0.300. The zero-order valence-corrected chi connectivity index (χ0v) is 9.15. The van der Waals surface area contributed by atoms with Gasteiger partial charge < -0.3 is 25.0 Å². The second kappa shape index (κ2) is 3.84. The zero-order valence-electron chi connectivity index (χ0n) is 9.15. The van der Waals surface area contributed by atoms with Crippen molar-refractivity contribution < 1.29 is 24.2 Å². The number of aromatic hydroxyl groups is 1. The molecular formula is C10H9N3O5. The summed E-state index contributed by atoms with van der Waals surface area (Å²) in [5, 5.41) is 35.6. The van der Waals surface area contributed by atoms with Crippen molar-refractivity contribution in [2.45, 2.75) is 6.10 Å². The third-order valence-corrected chi connectivity index (χ3v) is 2.58. The fourth-order valence-corrected chi connectivity index (χ4v) is 1.61. The topological polar surface area (TPSA) is 109 Å². The van der Waals surface area contributed by atoms with E-state index in [0.29, 0.717) is 13.2 Å². The SMILES string of the molecule is [O-][n+]1nc(O)[n+]([O-])c2c(OCC3CO3)cccc21. The van der Waals surface area contributed by atoms with Crippen LogP contribution in [0.3, 0.4) is 0 Å². The predicted molar refractivity (Wildman–Crippen MR) is 56.6 cm³/mol. The van der Waals surface area contributed by atoms with Crippen molar-refractivity contribution in [1.29, 1.82) is 0 Å². The van der Waals surface area contributed by atoms with E-state index in [1.54, 1.807) is 12.1 Å². The minimum Gasteiger partial charge on any atom is -0.707 e. The van der Waals surface area contributed by atoms with Crippen molar-refractivity contribution in [2.24, 2.45) is 0 Å². The number of para-hydroxylation sites is 1. The number of rotatable bonds is 3. The number of hydrogen-bond acceptors (Lipinski definition) is 6. The van der Waals surface area contributed by atoms with Crippen molar-refractivity contribution in [3.8, 4) is 11.8 Å². The van der Waals surface area contributed by atoms with E-state index in [9.17, 15) is 15.5 Å². The van der Waals surface area contributed by atoms with E-state index in [2.05, 4.69) is 5.10 Å². The number of aromatic nitrogens is 3. The number of ether oxygens (including phenoxy) is 2. The first-order valence-corrected chi connectivity index (χ1v) is 5.26. The molecule has 18 heavy (non-hydrogen) atoms. The molecule has 0 amide bonds. The molecule has 0 spiro atoms. The van der Waals surface area contributed by atoms with Crippen LogP contribution in [0.25, 0.3) is 11.0 Å². The highest BCUT2D eigenvalue weighted by Crippen LogP contribution is 2.22. The third-order valence-electron chi connectivity index (χ3n) is 2.58.